The van der Waals surface area contributed by atoms with Gasteiger partial charge in [0.25, 0.3) is 0 Å². The molecule has 0 N–H and O–H groups in total. The van der Waals surface area contributed by atoms with Crippen LogP contribution in [0.3, 0.4) is 0 Å². The first-order valence-corrected chi connectivity index (χ1v) is 19.6. The van der Waals surface area contributed by atoms with Gasteiger partial charge < -0.3 is 4.90 Å². The summed E-state index contributed by atoms with van der Waals surface area (Å²) in [6, 6.07) is 69.1. The van der Waals surface area contributed by atoms with Crippen molar-refractivity contribution >= 4 is 102 Å². The molecule has 248 valence electrons. The highest BCUT2D eigenvalue weighted by Crippen LogP contribution is 2.45. The highest BCUT2D eigenvalue weighted by molar-refractivity contribution is 7.26. The van der Waals surface area contributed by atoms with Crippen LogP contribution in [-0.2, 0) is 0 Å². The summed E-state index contributed by atoms with van der Waals surface area (Å²) in [5.41, 5.74) is 8.41. The molecule has 53 heavy (non-hydrogen) atoms. The predicted molar refractivity (Wildman–Crippen MR) is 233 cm³/mol. The van der Waals surface area contributed by atoms with Gasteiger partial charge in [-0.05, 0) is 80.9 Å². The van der Waals surface area contributed by atoms with Gasteiger partial charge in [-0.2, -0.15) is 0 Å². The van der Waals surface area contributed by atoms with E-state index >= 15 is 0 Å². The van der Waals surface area contributed by atoms with Gasteiger partial charge in [0.1, 0.15) is 0 Å². The Morgan fingerprint density at radius 1 is 0.321 bits per heavy atom. The molecule has 0 radical (unpaired) electrons. The summed E-state index contributed by atoms with van der Waals surface area (Å²) in [7, 11) is 0. The summed E-state index contributed by atoms with van der Waals surface area (Å²) in [6.45, 7) is 0. The monoisotopic (exact) mass is 709 g/mol. The zero-order chi connectivity index (χ0) is 34.9. The molecule has 0 fully saturated rings. The maximum absolute atomic E-state index is 2.43. The molecule has 0 saturated heterocycles. The van der Waals surface area contributed by atoms with Crippen molar-refractivity contribution in [2.45, 2.75) is 0 Å². The Balaban J connectivity index is 1.07. The van der Waals surface area contributed by atoms with Crippen LogP contribution in [0.1, 0.15) is 0 Å². The van der Waals surface area contributed by atoms with Crippen LogP contribution in [0.2, 0.25) is 0 Å². The van der Waals surface area contributed by atoms with E-state index in [9.17, 15) is 0 Å². The van der Waals surface area contributed by atoms with E-state index in [0.29, 0.717) is 0 Å². The first-order chi connectivity index (χ1) is 26.3. The van der Waals surface area contributed by atoms with Crippen molar-refractivity contribution in [3.63, 3.8) is 0 Å². The lowest BCUT2D eigenvalue weighted by atomic mass is 9.98. The Labute approximate surface area is 315 Å². The van der Waals surface area contributed by atoms with Gasteiger partial charge in [-0.15, -0.1) is 22.7 Å². The normalized spacial score (nSPS) is 11.8. The molecule has 0 saturated carbocycles. The van der Waals surface area contributed by atoms with Crippen molar-refractivity contribution in [2.24, 2.45) is 0 Å². The van der Waals surface area contributed by atoms with Crippen molar-refractivity contribution in [2.75, 3.05) is 4.90 Å². The zero-order valence-corrected chi connectivity index (χ0v) is 30.3. The second kappa shape index (κ2) is 12.2. The van der Waals surface area contributed by atoms with Gasteiger partial charge in [0.05, 0.1) is 5.69 Å². The van der Waals surface area contributed by atoms with Gasteiger partial charge in [0.15, 0.2) is 0 Å². The summed E-state index contributed by atoms with van der Waals surface area (Å²) in [5.74, 6) is 0. The number of fused-ring (bicyclic) bond motifs is 9. The SMILES string of the molecule is c1ccc2c(c1)cc(N(c1ccc(-c3cccc4c3sc3ccccc34)cc1)c1ccc(-c3cccc4c3sc3ccccc34)cc1)c1ccccc12. The molecule has 0 aliphatic rings. The number of anilines is 3. The van der Waals surface area contributed by atoms with E-state index in [2.05, 4.69) is 193 Å². The predicted octanol–water partition coefficient (Wildman–Crippen LogP) is 15.5. The van der Waals surface area contributed by atoms with Crippen LogP contribution in [0.5, 0.6) is 0 Å². The second-order valence-corrected chi connectivity index (χ2v) is 15.8. The molecular weight excluding hydrogens is 679 g/mol. The molecule has 0 aliphatic carbocycles. The fourth-order valence-corrected chi connectivity index (χ4v) is 10.7. The first-order valence-electron chi connectivity index (χ1n) is 18.0. The largest absolute Gasteiger partial charge is 0.310 e. The van der Waals surface area contributed by atoms with Crippen LogP contribution in [-0.4, -0.2) is 0 Å². The van der Waals surface area contributed by atoms with Gasteiger partial charge in [-0.1, -0.05) is 146 Å². The molecule has 0 bridgehead atoms. The minimum absolute atomic E-state index is 1.12. The van der Waals surface area contributed by atoms with Crippen molar-refractivity contribution in [1.29, 1.82) is 0 Å². The van der Waals surface area contributed by atoms with Crippen molar-refractivity contribution in [1.82, 2.24) is 0 Å². The molecule has 0 spiro atoms. The maximum Gasteiger partial charge on any atom is 0.0546 e. The molecule has 0 unspecified atom stereocenters. The van der Waals surface area contributed by atoms with Crippen LogP contribution in [0.4, 0.5) is 17.1 Å². The number of thiophene rings is 2. The van der Waals surface area contributed by atoms with E-state index in [1.54, 1.807) is 0 Å². The maximum atomic E-state index is 2.43. The molecule has 2 aromatic heterocycles. The number of benzene rings is 9. The average molecular weight is 710 g/mol. The van der Waals surface area contributed by atoms with Gasteiger partial charge in [-0.25, -0.2) is 0 Å². The molecule has 11 aromatic rings. The Hall–Kier alpha value is -6.26. The lowest BCUT2D eigenvalue weighted by Gasteiger charge is -2.28. The molecule has 9 aromatic carbocycles. The summed E-state index contributed by atoms with van der Waals surface area (Å²) < 4.78 is 5.33. The summed E-state index contributed by atoms with van der Waals surface area (Å²) in [4.78, 5) is 2.43. The summed E-state index contributed by atoms with van der Waals surface area (Å²) >= 11 is 3.76. The summed E-state index contributed by atoms with van der Waals surface area (Å²) in [6.07, 6.45) is 0. The fraction of sp³-hybridized carbons (Fsp3) is 0. The molecule has 11 rings (SSSR count). The minimum Gasteiger partial charge on any atom is -0.310 e. The van der Waals surface area contributed by atoms with Crippen LogP contribution >= 0.6 is 22.7 Å². The van der Waals surface area contributed by atoms with E-state index in [1.807, 2.05) is 22.7 Å². The van der Waals surface area contributed by atoms with Crippen LogP contribution in [0.25, 0.3) is 84.1 Å². The third kappa shape index (κ3) is 4.89. The third-order valence-corrected chi connectivity index (χ3v) is 13.1. The fourth-order valence-electron chi connectivity index (χ4n) is 8.18. The Morgan fingerprint density at radius 3 is 1.30 bits per heavy atom. The average Bonchev–Trinajstić information content (AvgIpc) is 3.80. The van der Waals surface area contributed by atoms with Crippen molar-refractivity contribution in [3.8, 4) is 22.3 Å². The van der Waals surface area contributed by atoms with Gasteiger partial charge in [-0.3, -0.25) is 0 Å². The molecule has 0 amide bonds. The van der Waals surface area contributed by atoms with Crippen LogP contribution in [0.15, 0.2) is 188 Å². The molecule has 1 nitrogen and oxygen atoms in total. The van der Waals surface area contributed by atoms with Gasteiger partial charge >= 0.3 is 0 Å². The highest BCUT2D eigenvalue weighted by atomic mass is 32.1. The molecule has 0 aliphatic heterocycles. The van der Waals surface area contributed by atoms with Crippen molar-refractivity contribution in [3.05, 3.63) is 188 Å². The lowest BCUT2D eigenvalue weighted by Crippen LogP contribution is -2.10. The topological polar surface area (TPSA) is 3.24 Å². The zero-order valence-electron chi connectivity index (χ0n) is 28.7. The van der Waals surface area contributed by atoms with Crippen molar-refractivity contribution < 1.29 is 0 Å². The lowest BCUT2D eigenvalue weighted by molar-refractivity contribution is 1.30. The molecular formula is C50H31NS2. The van der Waals surface area contributed by atoms with Crippen LogP contribution in [0, 0.1) is 0 Å². The standard InChI is InChI=1S/C50H31NS2/c1-2-12-37-34(11-1)31-46(41-14-4-3-13-40(37)41)51(35-27-23-32(24-28-35)38-17-9-19-44-42-15-5-7-21-47(42)52-49(38)44)36-29-25-33(26-30-36)39-18-10-20-45-43-16-6-8-22-48(43)53-50(39)45/h1-31H. The van der Waals surface area contributed by atoms with E-state index < -0.39 is 0 Å². The highest BCUT2D eigenvalue weighted by Gasteiger charge is 2.19. The number of hydrogen-bond donors (Lipinski definition) is 0. The Kier molecular flexibility index (Phi) is 6.97. The third-order valence-electron chi connectivity index (χ3n) is 10.7. The van der Waals surface area contributed by atoms with E-state index in [4.69, 9.17) is 0 Å². The van der Waals surface area contributed by atoms with Gasteiger partial charge in [0.2, 0.25) is 0 Å². The number of hydrogen-bond acceptors (Lipinski definition) is 3. The first kappa shape index (κ1) is 30.4. The van der Waals surface area contributed by atoms with E-state index in [-0.39, 0.29) is 0 Å². The Morgan fingerprint density at radius 2 is 0.755 bits per heavy atom. The van der Waals surface area contributed by atoms with E-state index in [1.165, 1.54) is 84.1 Å². The molecule has 2 heterocycles. The minimum atomic E-state index is 1.12. The second-order valence-electron chi connectivity index (χ2n) is 13.7. The summed E-state index contributed by atoms with van der Waals surface area (Å²) in [5, 5.41) is 10.3. The molecule has 3 heteroatoms. The van der Waals surface area contributed by atoms with E-state index in [0.717, 1.165) is 17.1 Å². The van der Waals surface area contributed by atoms with Gasteiger partial charge in [0, 0.05) is 57.1 Å². The quantitative estimate of drug-likeness (QED) is 0.161. The molecule has 0 atom stereocenters. The Bertz CT molecular complexity index is 3010. The number of rotatable bonds is 5. The van der Waals surface area contributed by atoms with Crippen LogP contribution < -0.4 is 4.90 Å². The number of nitrogens with zero attached hydrogens (tertiary/aromatic N) is 1. The smallest absolute Gasteiger partial charge is 0.0546 e.